The number of aromatic nitrogens is 2. The van der Waals surface area contributed by atoms with Crippen molar-refractivity contribution in [2.45, 2.75) is 32.2 Å². The van der Waals surface area contributed by atoms with Gasteiger partial charge >= 0.3 is 5.97 Å². The maximum Gasteiger partial charge on any atom is 0.329 e. The van der Waals surface area contributed by atoms with E-state index in [9.17, 15) is 4.79 Å². The number of esters is 1. The maximum atomic E-state index is 11.6. The van der Waals surface area contributed by atoms with Gasteiger partial charge in [-0.3, -0.25) is 0 Å². The van der Waals surface area contributed by atoms with Crippen molar-refractivity contribution in [2.24, 2.45) is 0 Å². The zero-order valence-corrected chi connectivity index (χ0v) is 8.27. The molecule has 1 aliphatic heterocycles. The van der Waals surface area contributed by atoms with E-state index in [4.69, 9.17) is 4.74 Å². The first-order chi connectivity index (χ1) is 6.83. The molecule has 76 valence electrons. The number of hydrogen-bond acceptors (Lipinski definition) is 3. The third-order valence-electron chi connectivity index (χ3n) is 2.52. The first-order valence-corrected chi connectivity index (χ1v) is 5.01. The molecule has 4 heteroatoms. The number of aryl methyl sites for hydroxylation is 1. The van der Waals surface area contributed by atoms with Crippen LogP contribution in [0.1, 0.15) is 31.6 Å². The second kappa shape index (κ2) is 3.82. The summed E-state index contributed by atoms with van der Waals surface area (Å²) in [4.78, 5) is 15.8. The Bertz CT molecular complexity index is 333. The van der Waals surface area contributed by atoms with Crippen LogP contribution in [0.3, 0.4) is 0 Å². The number of rotatable bonds is 2. The highest BCUT2D eigenvalue weighted by Gasteiger charge is 2.26. The number of imidazole rings is 1. The number of ether oxygens (including phenoxy) is 1. The highest BCUT2D eigenvalue weighted by Crippen LogP contribution is 2.24. The highest BCUT2D eigenvalue weighted by molar-refractivity contribution is 5.74. The van der Waals surface area contributed by atoms with E-state index in [2.05, 4.69) is 4.98 Å². The summed E-state index contributed by atoms with van der Waals surface area (Å²) >= 11 is 0. The van der Waals surface area contributed by atoms with Crippen LogP contribution in [0.25, 0.3) is 0 Å². The molecule has 2 rings (SSSR count). The van der Waals surface area contributed by atoms with Gasteiger partial charge in [0.25, 0.3) is 0 Å². The summed E-state index contributed by atoms with van der Waals surface area (Å²) in [6, 6.07) is -0.152. The van der Waals surface area contributed by atoms with Gasteiger partial charge in [-0.2, -0.15) is 0 Å². The minimum atomic E-state index is -0.152. The molecule has 0 bridgehead atoms. The monoisotopic (exact) mass is 194 g/mol. The van der Waals surface area contributed by atoms with Crippen LogP contribution in [0, 0.1) is 0 Å². The molecule has 0 N–H and O–H groups in total. The second-order valence-electron chi connectivity index (χ2n) is 3.41. The predicted octanol–water partition coefficient (Wildman–Crippen LogP) is 1.32. The minimum absolute atomic E-state index is 0.133. The van der Waals surface area contributed by atoms with E-state index in [-0.39, 0.29) is 12.0 Å². The molecule has 1 atom stereocenters. The summed E-state index contributed by atoms with van der Waals surface area (Å²) in [6.45, 7) is 2.27. The largest absolute Gasteiger partial charge is 0.464 e. The molecule has 4 nitrogen and oxygen atoms in total. The van der Waals surface area contributed by atoms with Gasteiger partial charge in [0.2, 0.25) is 0 Å². The van der Waals surface area contributed by atoms with E-state index < -0.39 is 0 Å². The molecular weight excluding hydrogens is 180 g/mol. The Labute approximate surface area is 82.9 Å². The molecule has 0 fully saturated rings. The van der Waals surface area contributed by atoms with Gasteiger partial charge in [0, 0.05) is 18.8 Å². The number of carbonyl (C=O) groups excluding carboxylic acids is 1. The summed E-state index contributed by atoms with van der Waals surface area (Å²) < 4.78 is 6.95. The van der Waals surface area contributed by atoms with E-state index in [0.29, 0.717) is 6.61 Å². The van der Waals surface area contributed by atoms with Gasteiger partial charge in [-0.15, -0.1) is 0 Å². The molecule has 1 aromatic rings. The van der Waals surface area contributed by atoms with Crippen molar-refractivity contribution in [1.82, 2.24) is 9.55 Å². The first kappa shape index (κ1) is 9.24. The van der Waals surface area contributed by atoms with Crippen LogP contribution in [0.5, 0.6) is 0 Å². The van der Waals surface area contributed by atoms with Crippen LogP contribution in [-0.2, 0) is 16.0 Å². The Balaban J connectivity index is 2.19. The average Bonchev–Trinajstić information content (AvgIpc) is 2.65. The van der Waals surface area contributed by atoms with E-state index in [1.54, 1.807) is 6.20 Å². The maximum absolute atomic E-state index is 11.6. The van der Waals surface area contributed by atoms with Crippen LogP contribution in [-0.4, -0.2) is 22.1 Å². The Morgan fingerprint density at radius 1 is 1.79 bits per heavy atom. The highest BCUT2D eigenvalue weighted by atomic mass is 16.5. The molecular formula is C10H14N2O2. The predicted molar refractivity (Wildman–Crippen MR) is 50.8 cm³/mol. The second-order valence-corrected chi connectivity index (χ2v) is 3.41. The first-order valence-electron chi connectivity index (χ1n) is 5.01. The fraction of sp³-hybridized carbons (Fsp3) is 0.600. The Morgan fingerprint density at radius 3 is 3.43 bits per heavy atom. The zero-order chi connectivity index (χ0) is 9.97. The lowest BCUT2D eigenvalue weighted by Gasteiger charge is -2.23. The van der Waals surface area contributed by atoms with Crippen molar-refractivity contribution < 1.29 is 9.53 Å². The lowest BCUT2D eigenvalue weighted by molar-refractivity contribution is -0.147. The number of hydrogen-bond donors (Lipinski definition) is 0. The van der Waals surface area contributed by atoms with E-state index in [1.165, 1.54) is 0 Å². The molecule has 0 aliphatic carbocycles. The molecule has 2 heterocycles. The van der Waals surface area contributed by atoms with Gasteiger partial charge < -0.3 is 9.30 Å². The zero-order valence-electron chi connectivity index (χ0n) is 8.27. The van der Waals surface area contributed by atoms with Crippen LogP contribution in [0.15, 0.2) is 12.4 Å². The van der Waals surface area contributed by atoms with Gasteiger partial charge in [0.05, 0.1) is 6.61 Å². The molecule has 0 aromatic carbocycles. The quantitative estimate of drug-likeness (QED) is 0.667. The summed E-state index contributed by atoms with van der Waals surface area (Å²) in [5, 5.41) is 0. The third kappa shape index (κ3) is 1.52. The summed E-state index contributed by atoms with van der Waals surface area (Å²) in [6.07, 6.45) is 6.44. The molecule has 1 aromatic heterocycles. The Hall–Kier alpha value is -1.32. The summed E-state index contributed by atoms with van der Waals surface area (Å²) in [5.41, 5.74) is 0. The van der Waals surface area contributed by atoms with Crippen molar-refractivity contribution >= 4 is 5.97 Å². The topological polar surface area (TPSA) is 44.1 Å². The fourth-order valence-corrected chi connectivity index (χ4v) is 1.88. The lowest BCUT2D eigenvalue weighted by atomic mass is 10.1. The van der Waals surface area contributed by atoms with Crippen molar-refractivity contribution in [2.75, 3.05) is 6.61 Å². The summed E-state index contributed by atoms with van der Waals surface area (Å²) in [7, 11) is 0. The molecule has 1 unspecified atom stereocenters. The van der Waals surface area contributed by atoms with Crippen LogP contribution in [0.2, 0.25) is 0 Å². The third-order valence-corrected chi connectivity index (χ3v) is 2.52. The lowest BCUT2D eigenvalue weighted by Crippen LogP contribution is -2.26. The van der Waals surface area contributed by atoms with Crippen LogP contribution < -0.4 is 0 Å². The Kier molecular flexibility index (Phi) is 2.52. The van der Waals surface area contributed by atoms with E-state index in [0.717, 1.165) is 25.1 Å². The van der Waals surface area contributed by atoms with Crippen LogP contribution in [0.4, 0.5) is 0 Å². The average molecular weight is 194 g/mol. The van der Waals surface area contributed by atoms with Gasteiger partial charge in [0.1, 0.15) is 11.9 Å². The van der Waals surface area contributed by atoms with Crippen molar-refractivity contribution in [3.8, 4) is 0 Å². The smallest absolute Gasteiger partial charge is 0.329 e. The molecule has 14 heavy (non-hydrogen) atoms. The SMILES string of the molecule is CCOC(=O)C1CCCc2nccn21. The van der Waals surface area contributed by atoms with E-state index in [1.807, 2.05) is 17.7 Å². The van der Waals surface area contributed by atoms with Crippen LogP contribution >= 0.6 is 0 Å². The molecule has 0 amide bonds. The van der Waals surface area contributed by atoms with Gasteiger partial charge in [-0.1, -0.05) is 0 Å². The number of carbonyl (C=O) groups is 1. The van der Waals surface area contributed by atoms with Gasteiger partial charge in [0.15, 0.2) is 0 Å². The van der Waals surface area contributed by atoms with Gasteiger partial charge in [-0.25, -0.2) is 9.78 Å². The Morgan fingerprint density at radius 2 is 2.64 bits per heavy atom. The standard InChI is InChI=1S/C10H14N2O2/c1-2-14-10(13)8-4-3-5-9-11-6-7-12(8)9/h6-8H,2-5H2,1H3. The van der Waals surface area contributed by atoms with Crippen molar-refractivity contribution in [3.05, 3.63) is 18.2 Å². The molecule has 0 saturated heterocycles. The van der Waals surface area contributed by atoms with Crippen molar-refractivity contribution in [3.63, 3.8) is 0 Å². The van der Waals surface area contributed by atoms with Crippen molar-refractivity contribution in [1.29, 1.82) is 0 Å². The fourth-order valence-electron chi connectivity index (χ4n) is 1.88. The van der Waals surface area contributed by atoms with E-state index >= 15 is 0 Å². The molecule has 0 spiro atoms. The number of nitrogens with zero attached hydrogens (tertiary/aromatic N) is 2. The summed E-state index contributed by atoms with van der Waals surface area (Å²) in [5.74, 6) is 0.862. The number of fused-ring (bicyclic) bond motifs is 1. The molecule has 1 aliphatic rings. The minimum Gasteiger partial charge on any atom is -0.464 e. The molecule has 0 radical (unpaired) electrons. The van der Waals surface area contributed by atoms with Gasteiger partial charge in [-0.05, 0) is 19.8 Å². The normalized spacial score (nSPS) is 20.2. The molecule has 0 saturated carbocycles.